The predicted molar refractivity (Wildman–Crippen MR) is 112 cm³/mol. The second kappa shape index (κ2) is 11.4. The van der Waals surface area contributed by atoms with Gasteiger partial charge in [-0.3, -0.25) is 9.80 Å². The van der Waals surface area contributed by atoms with Crippen LogP contribution in [0, 0.1) is 6.92 Å². The SMILES string of the molecule is CC.Cc1ccc(Cl)c(OCCCOc2ncc(C3=NNNN3CC(=O)O)s2)c1. The standard InChI is InChI=1S/C16H18ClN5O4S.C2H6/c1-10-3-4-11(17)12(7-10)25-5-2-6-26-16-18-8-13(27-16)15-19-20-21-22(15)9-14(23)24;1-2/h3-4,7-8,20-21H,2,5-6,9H2,1H3,(H,23,24);1-2H3. The first kappa shape index (κ1) is 22.7. The number of nitrogens with zero attached hydrogens (tertiary/aromatic N) is 3. The van der Waals surface area contributed by atoms with Gasteiger partial charge in [-0.1, -0.05) is 42.9 Å². The van der Waals surface area contributed by atoms with Crippen molar-refractivity contribution in [2.45, 2.75) is 27.2 Å². The minimum absolute atomic E-state index is 0.237. The largest absolute Gasteiger partial charge is 0.492 e. The molecule has 0 saturated heterocycles. The highest BCUT2D eigenvalue weighted by Crippen LogP contribution is 2.26. The Bertz CT molecular complexity index is 845. The molecule has 3 rings (SSSR count). The minimum atomic E-state index is -0.978. The molecule has 0 radical (unpaired) electrons. The van der Waals surface area contributed by atoms with E-state index in [2.05, 4.69) is 21.2 Å². The first-order valence-corrected chi connectivity index (χ1v) is 10.3. The van der Waals surface area contributed by atoms with Crippen molar-refractivity contribution in [1.82, 2.24) is 21.1 Å². The summed E-state index contributed by atoms with van der Waals surface area (Å²) in [7, 11) is 0. The topological polar surface area (TPSA) is 108 Å². The van der Waals surface area contributed by atoms with E-state index in [1.807, 2.05) is 39.0 Å². The molecule has 1 aromatic heterocycles. The van der Waals surface area contributed by atoms with Crippen LogP contribution < -0.4 is 20.5 Å². The lowest BCUT2D eigenvalue weighted by atomic mass is 10.2. The van der Waals surface area contributed by atoms with E-state index in [1.54, 1.807) is 6.20 Å². The molecule has 1 aliphatic heterocycles. The summed E-state index contributed by atoms with van der Waals surface area (Å²) < 4.78 is 11.3. The number of carboxylic acid groups (broad SMARTS) is 1. The number of thiazole rings is 1. The third-order valence-electron chi connectivity index (χ3n) is 3.46. The predicted octanol–water partition coefficient (Wildman–Crippen LogP) is 3.05. The van der Waals surface area contributed by atoms with Crippen LogP contribution in [0.3, 0.4) is 0 Å². The van der Waals surface area contributed by atoms with Gasteiger partial charge < -0.3 is 14.6 Å². The molecule has 0 saturated carbocycles. The number of aryl methyl sites for hydroxylation is 1. The average molecular weight is 442 g/mol. The third kappa shape index (κ3) is 6.77. The van der Waals surface area contributed by atoms with Crippen LogP contribution in [0.4, 0.5) is 0 Å². The van der Waals surface area contributed by atoms with Gasteiger partial charge in [-0.05, 0) is 24.6 Å². The summed E-state index contributed by atoms with van der Waals surface area (Å²) in [4.78, 5) is 15.7. The maximum Gasteiger partial charge on any atom is 0.324 e. The van der Waals surface area contributed by atoms with E-state index in [9.17, 15) is 4.79 Å². The summed E-state index contributed by atoms with van der Waals surface area (Å²) in [5.41, 5.74) is 6.25. The number of hydrazine groups is 2. The quantitative estimate of drug-likeness (QED) is 0.509. The molecule has 29 heavy (non-hydrogen) atoms. The molecule has 0 atom stereocenters. The van der Waals surface area contributed by atoms with Crippen molar-refractivity contribution in [3.8, 4) is 10.9 Å². The monoisotopic (exact) mass is 441 g/mol. The molecule has 0 bridgehead atoms. The number of carboxylic acids is 1. The Morgan fingerprint density at radius 3 is 2.83 bits per heavy atom. The van der Waals surface area contributed by atoms with Crippen molar-refractivity contribution in [3.63, 3.8) is 0 Å². The van der Waals surface area contributed by atoms with Crippen LogP contribution in [0.2, 0.25) is 5.02 Å². The Hall–Kier alpha value is -2.56. The molecule has 3 N–H and O–H groups in total. The number of aliphatic carboxylic acids is 1. The lowest BCUT2D eigenvalue weighted by Gasteiger charge is -2.14. The zero-order valence-corrected chi connectivity index (χ0v) is 18.0. The highest BCUT2D eigenvalue weighted by atomic mass is 35.5. The number of hydrogen-bond acceptors (Lipinski definition) is 9. The lowest BCUT2D eigenvalue weighted by Crippen LogP contribution is -2.44. The molecule has 0 aliphatic carbocycles. The molecule has 2 aromatic rings. The van der Waals surface area contributed by atoms with E-state index in [0.717, 1.165) is 5.56 Å². The summed E-state index contributed by atoms with van der Waals surface area (Å²) >= 11 is 7.37. The number of hydrogen-bond donors (Lipinski definition) is 3. The number of amidine groups is 1. The number of ether oxygens (including phenoxy) is 2. The number of hydrazone groups is 1. The molecule has 0 amide bonds. The highest BCUT2D eigenvalue weighted by molar-refractivity contribution is 7.15. The molecule has 0 unspecified atom stereocenters. The van der Waals surface area contributed by atoms with Gasteiger partial charge in [0.2, 0.25) is 0 Å². The normalized spacial score (nSPS) is 12.6. The molecule has 0 spiro atoms. The Kier molecular flexibility index (Phi) is 8.97. The first-order chi connectivity index (χ1) is 14.0. The van der Waals surface area contributed by atoms with Crippen molar-refractivity contribution in [2.24, 2.45) is 5.10 Å². The van der Waals surface area contributed by atoms with Crippen LogP contribution in [0.15, 0.2) is 29.5 Å². The van der Waals surface area contributed by atoms with Gasteiger partial charge in [0.1, 0.15) is 12.3 Å². The van der Waals surface area contributed by atoms with Crippen LogP contribution in [-0.2, 0) is 4.79 Å². The van der Waals surface area contributed by atoms with E-state index in [1.165, 1.54) is 16.3 Å². The summed E-state index contributed by atoms with van der Waals surface area (Å²) in [5.74, 6) is 0.127. The first-order valence-electron chi connectivity index (χ1n) is 9.08. The van der Waals surface area contributed by atoms with Crippen LogP contribution in [0.1, 0.15) is 30.7 Å². The van der Waals surface area contributed by atoms with Crippen molar-refractivity contribution in [2.75, 3.05) is 19.8 Å². The summed E-state index contributed by atoms with van der Waals surface area (Å²) in [5, 5.41) is 15.3. The highest BCUT2D eigenvalue weighted by Gasteiger charge is 2.23. The molecule has 11 heteroatoms. The fourth-order valence-corrected chi connectivity index (χ4v) is 3.20. The fraction of sp³-hybridized carbons (Fsp3) is 0.389. The summed E-state index contributed by atoms with van der Waals surface area (Å²) in [6.07, 6.45) is 2.25. The van der Waals surface area contributed by atoms with Crippen LogP contribution in [-0.4, -0.2) is 46.7 Å². The molecule has 9 nitrogen and oxygen atoms in total. The van der Waals surface area contributed by atoms with E-state index >= 15 is 0 Å². The number of halogens is 1. The second-order valence-electron chi connectivity index (χ2n) is 5.61. The Balaban J connectivity index is 0.00000145. The second-order valence-corrected chi connectivity index (χ2v) is 7.01. The summed E-state index contributed by atoms with van der Waals surface area (Å²) in [6.45, 7) is 6.63. The van der Waals surface area contributed by atoms with Crippen molar-refractivity contribution in [1.29, 1.82) is 0 Å². The molecular weight excluding hydrogens is 418 g/mol. The maximum atomic E-state index is 10.9. The van der Waals surface area contributed by atoms with Crippen molar-refractivity contribution in [3.05, 3.63) is 39.9 Å². The zero-order valence-electron chi connectivity index (χ0n) is 16.4. The maximum absolute atomic E-state index is 10.9. The van der Waals surface area contributed by atoms with Gasteiger partial charge in [0.15, 0.2) is 5.84 Å². The smallest absolute Gasteiger partial charge is 0.324 e. The minimum Gasteiger partial charge on any atom is -0.492 e. The van der Waals surface area contributed by atoms with E-state index in [-0.39, 0.29) is 6.54 Å². The molecule has 1 aliphatic rings. The number of nitrogens with one attached hydrogen (secondary N) is 2. The van der Waals surface area contributed by atoms with Crippen molar-refractivity contribution >= 4 is 34.7 Å². The number of carbonyl (C=O) groups is 1. The molecular formula is C18H24ClN5O4S. The van der Waals surface area contributed by atoms with E-state index in [4.69, 9.17) is 26.2 Å². The van der Waals surface area contributed by atoms with Gasteiger partial charge in [0.25, 0.3) is 5.19 Å². The molecule has 158 valence electrons. The van der Waals surface area contributed by atoms with E-state index in [0.29, 0.717) is 46.3 Å². The van der Waals surface area contributed by atoms with Gasteiger partial charge in [-0.25, -0.2) is 10.5 Å². The fourth-order valence-electron chi connectivity index (χ4n) is 2.24. The van der Waals surface area contributed by atoms with Crippen LogP contribution >= 0.6 is 22.9 Å². The van der Waals surface area contributed by atoms with Gasteiger partial charge in [0, 0.05) is 6.42 Å². The molecule has 1 aromatic carbocycles. The van der Waals surface area contributed by atoms with Crippen LogP contribution in [0.25, 0.3) is 0 Å². The number of benzene rings is 1. The number of rotatable bonds is 9. The average Bonchev–Trinajstić information content (AvgIpc) is 3.34. The van der Waals surface area contributed by atoms with Gasteiger partial charge in [-0.2, -0.15) is 0 Å². The van der Waals surface area contributed by atoms with E-state index < -0.39 is 5.97 Å². The van der Waals surface area contributed by atoms with Crippen LogP contribution in [0.5, 0.6) is 10.9 Å². The molecule has 0 fully saturated rings. The van der Waals surface area contributed by atoms with Crippen molar-refractivity contribution < 1.29 is 19.4 Å². The number of aromatic nitrogens is 1. The third-order valence-corrected chi connectivity index (χ3v) is 4.68. The zero-order chi connectivity index (χ0) is 21.2. The molecule has 2 heterocycles. The van der Waals surface area contributed by atoms with Gasteiger partial charge in [0.05, 0.1) is 29.3 Å². The Morgan fingerprint density at radius 2 is 2.07 bits per heavy atom. The van der Waals surface area contributed by atoms with Gasteiger partial charge in [-0.15, -0.1) is 10.6 Å². The summed E-state index contributed by atoms with van der Waals surface area (Å²) in [6, 6.07) is 5.63. The van der Waals surface area contributed by atoms with Gasteiger partial charge >= 0.3 is 5.97 Å². The Labute approximate surface area is 178 Å². The lowest BCUT2D eigenvalue weighted by molar-refractivity contribution is -0.137. The Morgan fingerprint density at radius 1 is 1.31 bits per heavy atom.